The number of hydrogen-bond acceptors (Lipinski definition) is 4. The molecule has 0 radical (unpaired) electrons. The van der Waals surface area contributed by atoms with Crippen LogP contribution in [0.4, 0.5) is 0 Å². The number of piperidine rings is 1. The molecule has 1 amide bonds. The first-order chi connectivity index (χ1) is 11.7. The Hall–Kier alpha value is -1.88. The van der Waals surface area contributed by atoms with Gasteiger partial charge in [0.05, 0.1) is 19.2 Å². The average Bonchev–Trinajstić information content (AvgIpc) is 2.59. The summed E-state index contributed by atoms with van der Waals surface area (Å²) in [5, 5.41) is 0. The molecule has 5 nitrogen and oxygen atoms in total. The van der Waals surface area contributed by atoms with Crippen LogP contribution in [-0.2, 0) is 20.9 Å². The van der Waals surface area contributed by atoms with Crippen LogP contribution in [-0.4, -0.2) is 47.5 Å². The van der Waals surface area contributed by atoms with E-state index in [2.05, 4.69) is 17.0 Å². The third kappa shape index (κ3) is 3.78. The quantitative estimate of drug-likeness (QED) is 0.778. The molecule has 2 atom stereocenters. The molecular weight excluding hydrogens is 304 g/mol. The van der Waals surface area contributed by atoms with E-state index in [4.69, 9.17) is 4.74 Å². The van der Waals surface area contributed by atoms with Gasteiger partial charge < -0.3 is 9.64 Å². The molecule has 2 aliphatic heterocycles. The summed E-state index contributed by atoms with van der Waals surface area (Å²) in [7, 11) is 0. The fraction of sp³-hybridized carbons (Fsp3) is 0.579. The van der Waals surface area contributed by atoms with Crippen LogP contribution in [0.15, 0.2) is 30.3 Å². The summed E-state index contributed by atoms with van der Waals surface area (Å²) in [4.78, 5) is 28.9. The van der Waals surface area contributed by atoms with E-state index in [9.17, 15) is 9.59 Å². The fourth-order valence-electron chi connectivity index (χ4n) is 3.97. The number of rotatable bonds is 5. The van der Waals surface area contributed by atoms with Gasteiger partial charge in [0.2, 0.25) is 5.91 Å². The molecule has 2 heterocycles. The van der Waals surface area contributed by atoms with E-state index >= 15 is 0 Å². The van der Waals surface area contributed by atoms with E-state index in [-0.39, 0.29) is 24.0 Å². The highest BCUT2D eigenvalue weighted by Gasteiger charge is 2.41. The van der Waals surface area contributed by atoms with Gasteiger partial charge in [0, 0.05) is 32.0 Å². The smallest absolute Gasteiger partial charge is 0.306 e. The van der Waals surface area contributed by atoms with Crippen molar-refractivity contribution in [3.63, 3.8) is 0 Å². The molecule has 1 aromatic rings. The lowest BCUT2D eigenvalue weighted by Crippen LogP contribution is -2.61. The first kappa shape index (κ1) is 17.0. The van der Waals surface area contributed by atoms with Crippen LogP contribution in [0.5, 0.6) is 0 Å². The minimum atomic E-state index is -0.151. The van der Waals surface area contributed by atoms with Gasteiger partial charge in [-0.1, -0.05) is 30.3 Å². The number of nitrogens with zero attached hydrogens (tertiary/aromatic N) is 2. The molecule has 3 rings (SSSR count). The van der Waals surface area contributed by atoms with Crippen molar-refractivity contribution in [2.24, 2.45) is 5.92 Å². The summed E-state index contributed by atoms with van der Waals surface area (Å²) in [5.74, 6) is 0.198. The van der Waals surface area contributed by atoms with E-state index in [1.54, 1.807) is 0 Å². The Morgan fingerprint density at radius 2 is 2.04 bits per heavy atom. The van der Waals surface area contributed by atoms with E-state index in [0.29, 0.717) is 26.0 Å². The van der Waals surface area contributed by atoms with Gasteiger partial charge in [-0.25, -0.2) is 0 Å². The minimum Gasteiger partial charge on any atom is -0.466 e. The first-order valence-electron chi connectivity index (χ1n) is 8.92. The van der Waals surface area contributed by atoms with Crippen molar-refractivity contribution in [3.05, 3.63) is 35.9 Å². The molecule has 5 heteroatoms. The van der Waals surface area contributed by atoms with Gasteiger partial charge in [-0.3, -0.25) is 14.5 Å². The Kier molecular flexibility index (Phi) is 5.51. The van der Waals surface area contributed by atoms with Crippen LogP contribution >= 0.6 is 0 Å². The summed E-state index contributed by atoms with van der Waals surface area (Å²) in [5.41, 5.74) is 1.13. The molecule has 0 aromatic heterocycles. The highest BCUT2D eigenvalue weighted by Crippen LogP contribution is 2.33. The molecule has 0 saturated carbocycles. The van der Waals surface area contributed by atoms with Crippen molar-refractivity contribution in [1.29, 1.82) is 0 Å². The molecule has 24 heavy (non-hydrogen) atoms. The first-order valence-corrected chi connectivity index (χ1v) is 8.92. The molecule has 1 aromatic carbocycles. The van der Waals surface area contributed by atoms with Gasteiger partial charge in [-0.15, -0.1) is 0 Å². The van der Waals surface area contributed by atoms with Gasteiger partial charge >= 0.3 is 5.97 Å². The largest absolute Gasteiger partial charge is 0.466 e. The van der Waals surface area contributed by atoms with E-state index in [1.165, 1.54) is 0 Å². The lowest BCUT2D eigenvalue weighted by Gasteiger charge is -2.50. The summed E-state index contributed by atoms with van der Waals surface area (Å²) in [6, 6.07) is 10.1. The Balaban J connectivity index is 1.78. The maximum atomic E-state index is 12.6. The second-order valence-electron chi connectivity index (χ2n) is 6.62. The molecule has 0 N–H and O–H groups in total. The zero-order valence-electron chi connectivity index (χ0n) is 14.3. The second kappa shape index (κ2) is 7.79. The van der Waals surface area contributed by atoms with Gasteiger partial charge in [-0.2, -0.15) is 0 Å². The number of benzene rings is 1. The average molecular weight is 330 g/mol. The highest BCUT2D eigenvalue weighted by atomic mass is 16.5. The predicted octanol–water partition coefficient (Wildman–Crippen LogP) is 2.41. The number of carbonyl (C=O) groups excluding carboxylic acids is 2. The molecule has 2 fully saturated rings. The second-order valence-corrected chi connectivity index (χ2v) is 6.62. The molecule has 0 aliphatic carbocycles. The van der Waals surface area contributed by atoms with Gasteiger partial charge in [0.25, 0.3) is 0 Å². The standard InChI is InChI=1S/C19H26N2O3/c1-2-24-18(23)13-16-9-6-11-20-12-10-17(22)21(19(16)20)14-15-7-4-3-5-8-15/h3-5,7-8,16,19H,2,6,9-14H2,1H3/t16-,19+/m1/s1. The summed E-state index contributed by atoms with van der Waals surface area (Å²) in [6.45, 7) is 4.65. The molecule has 0 unspecified atom stereocenters. The Bertz CT molecular complexity index is 575. The van der Waals surface area contributed by atoms with Crippen LogP contribution in [0.25, 0.3) is 0 Å². The van der Waals surface area contributed by atoms with E-state index in [1.807, 2.05) is 30.0 Å². The summed E-state index contributed by atoms with van der Waals surface area (Å²) >= 11 is 0. The van der Waals surface area contributed by atoms with Crippen LogP contribution in [0.2, 0.25) is 0 Å². The van der Waals surface area contributed by atoms with Crippen LogP contribution in [0.3, 0.4) is 0 Å². The topological polar surface area (TPSA) is 49.9 Å². The fourth-order valence-corrected chi connectivity index (χ4v) is 3.97. The third-order valence-electron chi connectivity index (χ3n) is 5.00. The molecule has 2 aliphatic rings. The van der Waals surface area contributed by atoms with Crippen molar-refractivity contribution in [2.75, 3.05) is 19.7 Å². The number of esters is 1. The predicted molar refractivity (Wildman–Crippen MR) is 90.9 cm³/mol. The zero-order chi connectivity index (χ0) is 16.9. The van der Waals surface area contributed by atoms with Crippen LogP contribution < -0.4 is 0 Å². The monoisotopic (exact) mass is 330 g/mol. The van der Waals surface area contributed by atoms with Crippen molar-refractivity contribution in [3.8, 4) is 0 Å². The number of ether oxygens (including phenoxy) is 1. The normalized spacial score (nSPS) is 24.5. The SMILES string of the molecule is CCOC(=O)C[C@H]1CCCN2CCC(=O)N(Cc3ccccc3)[C@@H]12. The van der Waals surface area contributed by atoms with Crippen molar-refractivity contribution >= 4 is 11.9 Å². The van der Waals surface area contributed by atoms with Gasteiger partial charge in [-0.05, 0) is 25.3 Å². The summed E-state index contributed by atoms with van der Waals surface area (Å²) < 4.78 is 5.14. The lowest BCUT2D eigenvalue weighted by molar-refractivity contribution is -0.158. The maximum absolute atomic E-state index is 12.6. The van der Waals surface area contributed by atoms with Crippen molar-refractivity contribution in [2.45, 2.75) is 45.3 Å². The number of fused-ring (bicyclic) bond motifs is 1. The number of hydrogen-bond donors (Lipinski definition) is 0. The molecular formula is C19H26N2O3. The van der Waals surface area contributed by atoms with E-state index < -0.39 is 0 Å². The van der Waals surface area contributed by atoms with Crippen LogP contribution in [0, 0.1) is 5.92 Å². The minimum absolute atomic E-state index is 0.0182. The number of carbonyl (C=O) groups is 2. The Morgan fingerprint density at radius 1 is 1.25 bits per heavy atom. The molecule has 2 saturated heterocycles. The van der Waals surface area contributed by atoms with Crippen LogP contribution in [0.1, 0.15) is 38.2 Å². The highest BCUT2D eigenvalue weighted by molar-refractivity contribution is 5.78. The Morgan fingerprint density at radius 3 is 2.79 bits per heavy atom. The molecule has 0 spiro atoms. The molecule has 130 valence electrons. The van der Waals surface area contributed by atoms with E-state index in [0.717, 1.165) is 31.5 Å². The van der Waals surface area contributed by atoms with Gasteiger partial charge in [0.15, 0.2) is 0 Å². The third-order valence-corrected chi connectivity index (χ3v) is 5.00. The molecule has 0 bridgehead atoms. The summed E-state index contributed by atoms with van der Waals surface area (Å²) in [6.07, 6.45) is 3.03. The maximum Gasteiger partial charge on any atom is 0.306 e. The van der Waals surface area contributed by atoms with Crippen molar-refractivity contribution < 1.29 is 14.3 Å². The number of amides is 1. The lowest BCUT2D eigenvalue weighted by atomic mass is 9.88. The Labute approximate surface area is 143 Å². The van der Waals surface area contributed by atoms with Gasteiger partial charge in [0.1, 0.15) is 0 Å². The van der Waals surface area contributed by atoms with Crippen molar-refractivity contribution in [1.82, 2.24) is 9.80 Å². The zero-order valence-corrected chi connectivity index (χ0v) is 14.3.